The average Bonchev–Trinajstić information content (AvgIpc) is 3.93. The molecule has 4 heterocycles. The van der Waals surface area contributed by atoms with Gasteiger partial charge in [-0.15, -0.1) is 0 Å². The molecular weight excluding hydrogens is 723 g/mol. The first-order valence-electron chi connectivity index (χ1n) is 20.0. The Balaban J connectivity index is 1.06. The van der Waals surface area contributed by atoms with E-state index >= 15 is 0 Å². The Morgan fingerprint density at radius 2 is 1.03 bits per heavy atom. The Bertz CT molecular complexity index is 3580. The topological polar surface area (TPSA) is 55.9 Å². The Morgan fingerprint density at radius 3 is 1.83 bits per heavy atom. The number of benzene rings is 8. The van der Waals surface area contributed by atoms with Crippen LogP contribution in [0.5, 0.6) is 0 Å². The van der Waals surface area contributed by atoms with Gasteiger partial charge in [-0.25, -0.2) is 9.98 Å². The zero-order valence-electron chi connectivity index (χ0n) is 32.2. The summed E-state index contributed by atoms with van der Waals surface area (Å²) in [6, 6.07) is 63.7. The highest BCUT2D eigenvalue weighted by molar-refractivity contribution is 6.24. The lowest BCUT2D eigenvalue weighted by molar-refractivity contribution is 0.668. The van der Waals surface area contributed by atoms with Crippen LogP contribution in [-0.4, -0.2) is 16.1 Å². The molecule has 278 valence electrons. The van der Waals surface area contributed by atoms with Gasteiger partial charge in [-0.3, -0.25) is 0 Å². The SMILES string of the molecule is CC1=C(c2cccc3oc4ccccc4c23)N=C(c2cccc3oc4ccc(-c5ccc6c(c5)c5ccccc5n6-c5ccccc5)cc4c23)N=C(c2ccccc2)C1. The van der Waals surface area contributed by atoms with Gasteiger partial charge in [0.1, 0.15) is 22.3 Å². The van der Waals surface area contributed by atoms with E-state index in [1.807, 2.05) is 36.4 Å². The van der Waals surface area contributed by atoms with Gasteiger partial charge in [0.2, 0.25) is 0 Å². The van der Waals surface area contributed by atoms with E-state index in [1.165, 1.54) is 21.8 Å². The third-order valence-corrected chi connectivity index (χ3v) is 11.8. The molecule has 8 aromatic carbocycles. The summed E-state index contributed by atoms with van der Waals surface area (Å²) >= 11 is 0. The summed E-state index contributed by atoms with van der Waals surface area (Å²) in [5.41, 5.74) is 15.1. The van der Waals surface area contributed by atoms with Crippen molar-refractivity contribution in [1.82, 2.24) is 4.57 Å². The summed E-state index contributed by atoms with van der Waals surface area (Å²) in [6.07, 6.45) is 0.647. The van der Waals surface area contributed by atoms with Crippen molar-refractivity contribution in [2.45, 2.75) is 13.3 Å². The van der Waals surface area contributed by atoms with Crippen LogP contribution in [0.15, 0.2) is 206 Å². The van der Waals surface area contributed by atoms with Crippen LogP contribution in [0, 0.1) is 0 Å². The monoisotopic (exact) mass is 757 g/mol. The van der Waals surface area contributed by atoms with Gasteiger partial charge in [0.15, 0.2) is 5.84 Å². The van der Waals surface area contributed by atoms with Gasteiger partial charge in [0.25, 0.3) is 0 Å². The number of aromatic nitrogens is 1. The van der Waals surface area contributed by atoms with Crippen LogP contribution in [-0.2, 0) is 0 Å². The number of para-hydroxylation sites is 3. The van der Waals surface area contributed by atoms with Gasteiger partial charge in [-0.05, 0) is 89.9 Å². The standard InChI is InChI=1S/C54H35N3O2/c1-33-30-44(34-14-4-2-5-15-34)55-54(56-53(33)40-20-12-24-49-51(40)39-19-9-11-23-47(39)58-49)41-21-13-25-50-52(41)43-32-36(27-29-48(43)59-50)35-26-28-46-42(31-35)38-18-8-10-22-45(38)57(46)37-16-6-3-7-17-37/h2-29,31-32H,30H2,1H3. The zero-order chi connectivity index (χ0) is 39.0. The highest BCUT2D eigenvalue weighted by Gasteiger charge is 2.23. The molecule has 0 unspecified atom stereocenters. The van der Waals surface area contributed by atoms with Gasteiger partial charge >= 0.3 is 0 Å². The summed E-state index contributed by atoms with van der Waals surface area (Å²) in [4.78, 5) is 11.0. The molecule has 1 aliphatic heterocycles. The number of hydrogen-bond donors (Lipinski definition) is 0. The molecule has 0 N–H and O–H groups in total. The largest absolute Gasteiger partial charge is 0.456 e. The van der Waals surface area contributed by atoms with Crippen molar-refractivity contribution in [3.8, 4) is 16.8 Å². The average molecular weight is 758 g/mol. The summed E-state index contributed by atoms with van der Waals surface area (Å²) in [5, 5.41) is 6.58. The molecule has 12 rings (SSSR count). The third kappa shape index (κ3) is 5.32. The molecule has 11 aromatic rings. The molecule has 0 amide bonds. The Hall–Kier alpha value is -7.76. The number of allylic oxidation sites excluding steroid dienone is 1. The van der Waals surface area contributed by atoms with Crippen LogP contribution in [0.4, 0.5) is 0 Å². The number of furan rings is 2. The quantitative estimate of drug-likeness (QED) is 0.176. The summed E-state index contributed by atoms with van der Waals surface area (Å²) in [6.45, 7) is 2.18. The smallest absolute Gasteiger partial charge is 0.160 e. The van der Waals surface area contributed by atoms with Gasteiger partial charge in [0, 0.05) is 55.6 Å². The van der Waals surface area contributed by atoms with E-state index in [0.717, 1.165) is 94.4 Å². The molecule has 0 fully saturated rings. The van der Waals surface area contributed by atoms with Gasteiger partial charge in [-0.2, -0.15) is 0 Å². The predicted molar refractivity (Wildman–Crippen MR) is 244 cm³/mol. The number of rotatable bonds is 5. The molecule has 59 heavy (non-hydrogen) atoms. The lowest BCUT2D eigenvalue weighted by Crippen LogP contribution is -2.06. The van der Waals surface area contributed by atoms with Crippen LogP contribution >= 0.6 is 0 Å². The van der Waals surface area contributed by atoms with E-state index in [9.17, 15) is 0 Å². The van der Waals surface area contributed by atoms with Crippen molar-refractivity contribution in [1.29, 1.82) is 0 Å². The Labute approximate surface area is 339 Å². The molecule has 0 atom stereocenters. The van der Waals surface area contributed by atoms with E-state index in [4.69, 9.17) is 18.8 Å². The van der Waals surface area contributed by atoms with E-state index in [-0.39, 0.29) is 0 Å². The van der Waals surface area contributed by atoms with Crippen molar-refractivity contribution in [3.63, 3.8) is 0 Å². The minimum absolute atomic E-state index is 0.647. The fraction of sp³-hybridized carbons (Fsp3) is 0.0370. The Morgan fingerprint density at radius 1 is 0.441 bits per heavy atom. The molecule has 5 nitrogen and oxygen atoms in total. The Kier molecular flexibility index (Phi) is 7.44. The number of hydrogen-bond acceptors (Lipinski definition) is 4. The summed E-state index contributed by atoms with van der Waals surface area (Å²) in [5.74, 6) is 0.648. The number of aliphatic imine (C=N–C) groups is 2. The summed E-state index contributed by atoms with van der Waals surface area (Å²) in [7, 11) is 0. The third-order valence-electron chi connectivity index (χ3n) is 11.8. The van der Waals surface area contributed by atoms with E-state index < -0.39 is 0 Å². The maximum atomic E-state index is 6.59. The van der Waals surface area contributed by atoms with Crippen LogP contribution in [0.3, 0.4) is 0 Å². The van der Waals surface area contributed by atoms with Crippen LogP contribution in [0.1, 0.15) is 30.0 Å². The number of amidine groups is 1. The summed E-state index contributed by atoms with van der Waals surface area (Å²) < 4.78 is 15.3. The normalized spacial score (nSPS) is 13.6. The number of nitrogens with zero attached hydrogens (tertiary/aromatic N) is 3. The molecule has 1 aliphatic rings. The lowest BCUT2D eigenvalue weighted by Gasteiger charge is -2.10. The second-order valence-electron chi connectivity index (χ2n) is 15.4. The van der Waals surface area contributed by atoms with Crippen molar-refractivity contribution in [3.05, 3.63) is 204 Å². The fourth-order valence-electron chi connectivity index (χ4n) is 9.11. The van der Waals surface area contributed by atoms with Crippen molar-refractivity contribution in [2.75, 3.05) is 0 Å². The fourth-order valence-corrected chi connectivity index (χ4v) is 9.11. The van der Waals surface area contributed by atoms with E-state index in [0.29, 0.717) is 12.3 Å². The maximum absolute atomic E-state index is 6.59. The molecule has 3 aromatic heterocycles. The predicted octanol–water partition coefficient (Wildman–Crippen LogP) is 14.3. The van der Waals surface area contributed by atoms with Crippen molar-refractivity contribution < 1.29 is 8.83 Å². The highest BCUT2D eigenvalue weighted by atomic mass is 16.3. The second-order valence-corrected chi connectivity index (χ2v) is 15.4. The number of fused-ring (bicyclic) bond motifs is 9. The minimum Gasteiger partial charge on any atom is -0.456 e. The highest BCUT2D eigenvalue weighted by Crippen LogP contribution is 2.41. The van der Waals surface area contributed by atoms with Crippen molar-refractivity contribution in [2.24, 2.45) is 9.98 Å². The molecule has 0 aliphatic carbocycles. The first-order valence-corrected chi connectivity index (χ1v) is 20.0. The molecular formula is C54H35N3O2. The minimum atomic E-state index is 0.647. The van der Waals surface area contributed by atoms with Gasteiger partial charge in [-0.1, -0.05) is 121 Å². The van der Waals surface area contributed by atoms with Crippen LogP contribution in [0.2, 0.25) is 0 Å². The molecule has 5 heteroatoms. The first-order chi connectivity index (χ1) is 29.2. The van der Waals surface area contributed by atoms with E-state index in [1.54, 1.807) is 0 Å². The second kappa shape index (κ2) is 13.2. The molecule has 0 saturated carbocycles. The van der Waals surface area contributed by atoms with Crippen molar-refractivity contribution >= 4 is 82.9 Å². The maximum Gasteiger partial charge on any atom is 0.160 e. The van der Waals surface area contributed by atoms with Gasteiger partial charge in [0.05, 0.1) is 22.4 Å². The van der Waals surface area contributed by atoms with Crippen LogP contribution < -0.4 is 0 Å². The van der Waals surface area contributed by atoms with Gasteiger partial charge < -0.3 is 13.4 Å². The molecule has 0 bridgehead atoms. The molecule has 0 spiro atoms. The molecule has 0 saturated heterocycles. The lowest BCUT2D eigenvalue weighted by atomic mass is 9.97. The molecule has 0 radical (unpaired) electrons. The van der Waals surface area contributed by atoms with E-state index in [2.05, 4.69) is 157 Å². The zero-order valence-corrected chi connectivity index (χ0v) is 32.2. The van der Waals surface area contributed by atoms with Crippen LogP contribution in [0.25, 0.3) is 88.2 Å². The first kappa shape index (κ1) is 33.4.